The van der Waals surface area contributed by atoms with Gasteiger partial charge in [0.25, 0.3) is 0 Å². The Morgan fingerprint density at radius 1 is 1.31 bits per heavy atom. The van der Waals surface area contributed by atoms with Gasteiger partial charge in [-0.25, -0.2) is 0 Å². The number of hydrogen-bond donors (Lipinski definition) is 1. The van der Waals surface area contributed by atoms with Crippen molar-refractivity contribution in [1.29, 1.82) is 0 Å². The third kappa shape index (κ3) is 1.33. The van der Waals surface area contributed by atoms with E-state index in [9.17, 15) is 4.79 Å². The Kier molecular flexibility index (Phi) is 1.88. The van der Waals surface area contributed by atoms with Gasteiger partial charge in [0.1, 0.15) is 0 Å². The van der Waals surface area contributed by atoms with Crippen molar-refractivity contribution in [3.63, 3.8) is 0 Å². The van der Waals surface area contributed by atoms with Crippen molar-refractivity contribution >= 4 is 6.29 Å². The first kappa shape index (κ1) is 7.67. The van der Waals surface area contributed by atoms with Crippen molar-refractivity contribution in [2.45, 2.75) is 0 Å². The van der Waals surface area contributed by atoms with E-state index in [1.807, 2.05) is 0 Å². The fourth-order valence-electron chi connectivity index (χ4n) is 1.13. The van der Waals surface area contributed by atoms with Gasteiger partial charge in [-0.3, -0.25) is 14.9 Å². The van der Waals surface area contributed by atoms with Crippen LogP contribution in [0, 0.1) is 0 Å². The Labute approximate surface area is 74.6 Å². The van der Waals surface area contributed by atoms with Crippen LogP contribution in [0.5, 0.6) is 0 Å². The molecule has 0 saturated heterocycles. The Hall–Kier alpha value is -1.97. The summed E-state index contributed by atoms with van der Waals surface area (Å²) >= 11 is 0. The normalized spacial score (nSPS) is 9.85. The molecule has 0 atom stereocenters. The molecule has 0 amide bonds. The molecule has 0 unspecified atom stereocenters. The topological polar surface area (TPSA) is 58.6 Å². The highest BCUT2D eigenvalue weighted by molar-refractivity contribution is 5.84. The summed E-state index contributed by atoms with van der Waals surface area (Å²) in [6.45, 7) is 0. The number of nitrogens with zero attached hydrogens (tertiary/aromatic N) is 2. The zero-order valence-electron chi connectivity index (χ0n) is 6.77. The second-order valence-corrected chi connectivity index (χ2v) is 2.53. The van der Waals surface area contributed by atoms with Crippen molar-refractivity contribution in [1.82, 2.24) is 15.2 Å². The zero-order chi connectivity index (χ0) is 9.10. The van der Waals surface area contributed by atoms with Gasteiger partial charge >= 0.3 is 0 Å². The molecule has 2 aromatic heterocycles. The van der Waals surface area contributed by atoms with Crippen LogP contribution in [-0.2, 0) is 0 Å². The van der Waals surface area contributed by atoms with E-state index < -0.39 is 0 Å². The summed E-state index contributed by atoms with van der Waals surface area (Å²) in [6, 6.07) is 5.22. The summed E-state index contributed by atoms with van der Waals surface area (Å²) in [5.74, 6) is 0. The predicted molar refractivity (Wildman–Crippen MR) is 47.2 cm³/mol. The first-order chi connectivity index (χ1) is 6.42. The van der Waals surface area contributed by atoms with E-state index in [0.717, 1.165) is 12.0 Å². The highest BCUT2D eigenvalue weighted by Gasteiger charge is 2.05. The molecule has 0 fully saturated rings. The number of aromatic nitrogens is 3. The van der Waals surface area contributed by atoms with Crippen molar-refractivity contribution in [3.05, 3.63) is 36.2 Å². The number of pyridine rings is 1. The van der Waals surface area contributed by atoms with Gasteiger partial charge in [0.15, 0.2) is 6.29 Å². The van der Waals surface area contributed by atoms with Crippen LogP contribution in [0.3, 0.4) is 0 Å². The molecule has 4 heteroatoms. The minimum Gasteiger partial charge on any atom is -0.298 e. The molecular formula is C9H7N3O. The van der Waals surface area contributed by atoms with Gasteiger partial charge in [0.2, 0.25) is 0 Å². The maximum absolute atomic E-state index is 10.6. The third-order valence-electron chi connectivity index (χ3n) is 1.72. The van der Waals surface area contributed by atoms with Gasteiger partial charge in [-0.1, -0.05) is 0 Å². The van der Waals surface area contributed by atoms with Gasteiger partial charge in [0, 0.05) is 18.0 Å². The molecule has 1 N–H and O–H groups in total. The van der Waals surface area contributed by atoms with Crippen molar-refractivity contribution in [2.75, 3.05) is 0 Å². The molecule has 0 aromatic carbocycles. The molecular weight excluding hydrogens is 166 g/mol. The Bertz CT molecular complexity index is 409. The van der Waals surface area contributed by atoms with Crippen molar-refractivity contribution in [2.24, 2.45) is 0 Å². The van der Waals surface area contributed by atoms with Gasteiger partial charge in [-0.2, -0.15) is 5.10 Å². The van der Waals surface area contributed by atoms with E-state index in [4.69, 9.17) is 0 Å². The highest BCUT2D eigenvalue weighted by Crippen LogP contribution is 2.15. The van der Waals surface area contributed by atoms with Gasteiger partial charge in [0.05, 0.1) is 11.4 Å². The monoisotopic (exact) mass is 173 g/mol. The van der Waals surface area contributed by atoms with Crippen LogP contribution in [0.4, 0.5) is 0 Å². The van der Waals surface area contributed by atoms with E-state index in [1.165, 1.54) is 0 Å². The quantitative estimate of drug-likeness (QED) is 0.696. The van der Waals surface area contributed by atoms with Crippen LogP contribution in [0.2, 0.25) is 0 Å². The minimum absolute atomic E-state index is 0.562. The molecule has 0 aliphatic carbocycles. The van der Waals surface area contributed by atoms with Crippen LogP contribution in [-0.4, -0.2) is 21.5 Å². The second-order valence-electron chi connectivity index (χ2n) is 2.53. The Balaban J connectivity index is 2.57. The highest BCUT2D eigenvalue weighted by atomic mass is 16.1. The summed E-state index contributed by atoms with van der Waals surface area (Å²) in [5.41, 5.74) is 1.95. The number of nitrogens with one attached hydrogen (secondary N) is 1. The molecule has 2 rings (SSSR count). The summed E-state index contributed by atoms with van der Waals surface area (Å²) in [7, 11) is 0. The lowest BCUT2D eigenvalue weighted by atomic mass is 10.2. The summed E-state index contributed by atoms with van der Waals surface area (Å²) < 4.78 is 0. The summed E-state index contributed by atoms with van der Waals surface area (Å²) in [5, 5.41) is 6.55. The molecule has 13 heavy (non-hydrogen) atoms. The molecule has 0 aliphatic heterocycles. The lowest BCUT2D eigenvalue weighted by Crippen LogP contribution is -1.90. The van der Waals surface area contributed by atoms with E-state index >= 15 is 0 Å². The number of carbonyl (C=O) groups excluding carboxylic acids is 1. The van der Waals surface area contributed by atoms with E-state index in [2.05, 4.69) is 15.2 Å². The van der Waals surface area contributed by atoms with Crippen LogP contribution in [0.25, 0.3) is 11.4 Å². The van der Waals surface area contributed by atoms with Crippen molar-refractivity contribution < 1.29 is 4.79 Å². The summed E-state index contributed by atoms with van der Waals surface area (Å²) in [6.07, 6.45) is 4.05. The smallest absolute Gasteiger partial charge is 0.152 e. The molecule has 0 radical (unpaired) electrons. The maximum atomic E-state index is 10.6. The number of rotatable bonds is 2. The molecule has 0 bridgehead atoms. The molecule has 2 aromatic rings. The van der Waals surface area contributed by atoms with Gasteiger partial charge in [-0.05, 0) is 18.2 Å². The SMILES string of the molecule is O=Cc1cccnc1-c1ccn[nH]1. The lowest BCUT2D eigenvalue weighted by Gasteiger charge is -1.98. The average molecular weight is 173 g/mol. The number of hydrogen-bond acceptors (Lipinski definition) is 3. The number of aromatic amines is 1. The van der Waals surface area contributed by atoms with Crippen LogP contribution < -0.4 is 0 Å². The lowest BCUT2D eigenvalue weighted by molar-refractivity contribution is 0.112. The molecule has 0 aliphatic rings. The third-order valence-corrected chi connectivity index (χ3v) is 1.72. The number of carbonyl (C=O) groups is 1. The fraction of sp³-hybridized carbons (Fsp3) is 0. The first-order valence-electron chi connectivity index (χ1n) is 3.82. The fourth-order valence-corrected chi connectivity index (χ4v) is 1.13. The van der Waals surface area contributed by atoms with Crippen LogP contribution in [0.1, 0.15) is 10.4 Å². The number of aldehydes is 1. The van der Waals surface area contributed by atoms with E-state index in [0.29, 0.717) is 11.3 Å². The van der Waals surface area contributed by atoms with Crippen LogP contribution >= 0.6 is 0 Å². The number of H-pyrrole nitrogens is 1. The standard InChI is InChI=1S/C9H7N3O/c13-6-7-2-1-4-10-9(7)8-3-5-11-12-8/h1-6H,(H,11,12). The molecule has 0 spiro atoms. The first-order valence-corrected chi connectivity index (χ1v) is 3.82. The van der Waals surface area contributed by atoms with Crippen LogP contribution in [0.15, 0.2) is 30.6 Å². The molecule has 64 valence electrons. The Morgan fingerprint density at radius 3 is 2.92 bits per heavy atom. The molecule has 4 nitrogen and oxygen atoms in total. The van der Waals surface area contributed by atoms with E-state index in [1.54, 1.807) is 30.6 Å². The van der Waals surface area contributed by atoms with Gasteiger partial charge < -0.3 is 0 Å². The Morgan fingerprint density at radius 2 is 2.23 bits per heavy atom. The second kappa shape index (κ2) is 3.18. The predicted octanol–water partition coefficient (Wildman–Crippen LogP) is 1.28. The minimum atomic E-state index is 0.562. The molecule has 0 saturated carbocycles. The molecule has 2 heterocycles. The van der Waals surface area contributed by atoms with Gasteiger partial charge in [-0.15, -0.1) is 0 Å². The average Bonchev–Trinajstić information content (AvgIpc) is 2.70. The van der Waals surface area contributed by atoms with Crippen molar-refractivity contribution in [3.8, 4) is 11.4 Å². The maximum Gasteiger partial charge on any atom is 0.152 e. The zero-order valence-corrected chi connectivity index (χ0v) is 6.77. The largest absolute Gasteiger partial charge is 0.298 e. The van der Waals surface area contributed by atoms with E-state index in [-0.39, 0.29) is 0 Å². The summed E-state index contributed by atoms with van der Waals surface area (Å²) in [4.78, 5) is 14.7.